The Morgan fingerprint density at radius 2 is 0.926 bits per heavy atom. The van der Waals surface area contributed by atoms with Crippen molar-refractivity contribution < 1.29 is 0 Å². The fourth-order valence-electron chi connectivity index (χ4n) is 17.7. The number of nitrogens with zero attached hydrogens (tertiary/aromatic N) is 4. The molecule has 11 aromatic rings. The minimum Gasteiger partial charge on any atom is -0.308 e. The first-order chi connectivity index (χ1) is 32.9. The zero-order valence-corrected chi connectivity index (χ0v) is 40.4. The molecule has 0 saturated heterocycles. The Balaban J connectivity index is 1.07. The molecule has 8 bridgehead atoms. The van der Waals surface area contributed by atoms with Crippen LogP contribution in [0.25, 0.3) is 97.7 Å². The van der Waals surface area contributed by atoms with Gasteiger partial charge in [0.05, 0.1) is 50.9 Å². The third-order valence-electron chi connectivity index (χ3n) is 20.1. The number of rotatable bonds is 0. The van der Waals surface area contributed by atoms with Crippen LogP contribution in [0.5, 0.6) is 0 Å². The van der Waals surface area contributed by atoms with Crippen LogP contribution in [0.1, 0.15) is 168 Å². The number of nitriles is 1. The van der Waals surface area contributed by atoms with Gasteiger partial charge in [0.2, 0.25) is 0 Å². The number of fused-ring (bicyclic) bond motifs is 16. The Kier molecular flexibility index (Phi) is 6.75. The summed E-state index contributed by atoms with van der Waals surface area (Å²) in [4.78, 5) is 5.59. The smallest absolute Gasteiger partial charge is 0.0995 e. The summed E-state index contributed by atoms with van der Waals surface area (Å²) in [7, 11) is 0. The molecule has 6 aromatic carbocycles. The fraction of sp³-hybridized carbons (Fsp3) is 0.406. The minimum absolute atomic E-state index is 0.0291. The lowest BCUT2D eigenvalue weighted by atomic mass is 9.67. The first kappa shape index (κ1) is 38.0. The predicted molar refractivity (Wildman–Crippen MR) is 282 cm³/mol. The molecule has 8 aliphatic carbocycles. The van der Waals surface area contributed by atoms with Crippen LogP contribution in [0.4, 0.5) is 0 Å². The maximum Gasteiger partial charge on any atom is 0.0995 e. The van der Waals surface area contributed by atoms with E-state index in [1.807, 2.05) is 0 Å². The van der Waals surface area contributed by atoms with Crippen LogP contribution < -0.4 is 0 Å². The van der Waals surface area contributed by atoms with Gasteiger partial charge in [0.25, 0.3) is 0 Å². The van der Waals surface area contributed by atoms with Gasteiger partial charge in [-0.15, -0.1) is 0 Å². The highest BCUT2D eigenvalue weighted by Gasteiger charge is 2.46. The summed E-state index contributed by atoms with van der Waals surface area (Å²) >= 11 is 0. The minimum atomic E-state index is 0.0291. The van der Waals surface area contributed by atoms with Crippen molar-refractivity contribution in [1.82, 2.24) is 13.8 Å². The van der Waals surface area contributed by atoms with E-state index in [-0.39, 0.29) is 10.8 Å². The molecule has 4 nitrogen and oxygen atoms in total. The van der Waals surface area contributed by atoms with Gasteiger partial charge in [-0.05, 0) is 196 Å². The molecule has 5 aromatic heterocycles. The molecule has 0 radical (unpaired) electrons. The molecule has 0 aliphatic heterocycles. The van der Waals surface area contributed by atoms with Gasteiger partial charge in [-0.1, -0.05) is 77.9 Å². The highest BCUT2D eigenvalue weighted by molar-refractivity contribution is 6.36. The molecule has 4 atom stereocenters. The predicted octanol–water partition coefficient (Wildman–Crippen LogP) is 16.9. The van der Waals surface area contributed by atoms with E-state index in [0.29, 0.717) is 23.7 Å². The quantitative estimate of drug-likeness (QED) is 0.152. The van der Waals surface area contributed by atoms with Gasteiger partial charge in [-0.2, -0.15) is 5.26 Å². The van der Waals surface area contributed by atoms with E-state index in [9.17, 15) is 5.26 Å². The molecule has 4 heteroatoms. The molecule has 19 rings (SSSR count). The molecule has 68 heavy (non-hydrogen) atoms. The van der Waals surface area contributed by atoms with Crippen LogP contribution in [0.15, 0.2) is 72.9 Å². The maximum absolute atomic E-state index is 11.2. The van der Waals surface area contributed by atoms with Gasteiger partial charge < -0.3 is 8.80 Å². The van der Waals surface area contributed by atoms with Crippen LogP contribution in [-0.4, -0.2) is 13.8 Å². The summed E-state index contributed by atoms with van der Waals surface area (Å²) in [5, 5.41) is 27.7. The van der Waals surface area contributed by atoms with Gasteiger partial charge in [0, 0.05) is 54.7 Å². The van der Waals surface area contributed by atoms with E-state index in [1.54, 1.807) is 11.1 Å². The largest absolute Gasteiger partial charge is 0.308 e. The summed E-state index contributed by atoms with van der Waals surface area (Å²) in [6, 6.07) is 30.2. The van der Waals surface area contributed by atoms with Crippen LogP contribution in [0.3, 0.4) is 0 Å². The summed E-state index contributed by atoms with van der Waals surface area (Å²) in [5.74, 6) is 5.44. The number of benzene rings is 6. The average Bonchev–Trinajstić information content (AvgIpc) is 3.95. The lowest BCUT2D eigenvalue weighted by Gasteiger charge is -2.38. The molecule has 0 amide bonds. The van der Waals surface area contributed by atoms with Gasteiger partial charge in [0.15, 0.2) is 0 Å². The highest BCUT2D eigenvalue weighted by atomic mass is 14.9. The second kappa shape index (κ2) is 12.1. The first-order valence-electron chi connectivity index (χ1n) is 26.5. The summed E-state index contributed by atoms with van der Waals surface area (Å²) in [5.41, 5.74) is 17.5. The van der Waals surface area contributed by atoms with Crippen molar-refractivity contribution in [2.24, 2.45) is 23.7 Å². The van der Waals surface area contributed by atoms with E-state index >= 15 is 0 Å². The van der Waals surface area contributed by atoms with Gasteiger partial charge in [-0.3, -0.25) is 4.98 Å². The Hall–Kier alpha value is -5.92. The van der Waals surface area contributed by atoms with Crippen LogP contribution in [0, 0.1) is 35.0 Å². The number of pyridine rings is 1. The van der Waals surface area contributed by atoms with Crippen molar-refractivity contribution >= 4 is 97.7 Å². The van der Waals surface area contributed by atoms with Crippen molar-refractivity contribution in [3.8, 4) is 6.07 Å². The number of hydrogen-bond acceptors (Lipinski definition) is 2. The molecule has 334 valence electrons. The Labute approximate surface area is 397 Å². The third kappa shape index (κ3) is 4.53. The van der Waals surface area contributed by atoms with Crippen molar-refractivity contribution in [1.29, 1.82) is 5.26 Å². The van der Waals surface area contributed by atoms with E-state index in [2.05, 4.69) is 129 Å². The van der Waals surface area contributed by atoms with Gasteiger partial charge in [-0.25, -0.2) is 0 Å². The monoisotopic (exact) mass is 882 g/mol. The maximum atomic E-state index is 11.2. The zero-order valence-electron chi connectivity index (χ0n) is 40.4. The molecule has 8 aliphatic rings. The van der Waals surface area contributed by atoms with E-state index in [4.69, 9.17) is 4.98 Å². The lowest BCUT2D eigenvalue weighted by molar-refractivity contribution is 0.165. The lowest BCUT2D eigenvalue weighted by Crippen LogP contribution is -2.25. The van der Waals surface area contributed by atoms with Gasteiger partial charge >= 0.3 is 0 Å². The van der Waals surface area contributed by atoms with Gasteiger partial charge in [0.1, 0.15) is 0 Å². The number of hydrogen-bond donors (Lipinski definition) is 0. The second-order valence-electron chi connectivity index (χ2n) is 25.9. The molecule has 0 spiro atoms. The molecule has 0 N–H and O–H groups in total. The molecular formula is C64H58N4. The standard InChI is InChI=1S/C64H58N4/c1-63(2,3)41-7-9-43-34(21-41)23-47-58-51(25-40(28-65)53-36-13-30-11-31(14-36)16-37(15-30)54(53)58)67-49-26-46-50(27-45(49)56(43)61(47)67)68-52-29-66-60-39-19-32-12-33(20-39)18-38(17-32)55(60)59(52)48-24-35-22-42(64(4,5)6)8-10-44(35)57(46)62(48)68/h7-10,21-27,29-33,36-39H,11-20H2,1-6H3. The molecular weight excluding hydrogens is 825 g/mol. The third-order valence-corrected chi connectivity index (χ3v) is 20.1. The Morgan fingerprint density at radius 1 is 0.456 bits per heavy atom. The topological polar surface area (TPSA) is 45.5 Å². The average molecular weight is 883 g/mol. The molecule has 4 saturated carbocycles. The molecule has 4 fully saturated rings. The summed E-state index contributed by atoms with van der Waals surface area (Å²) < 4.78 is 5.31. The van der Waals surface area contributed by atoms with Crippen molar-refractivity contribution in [3.05, 3.63) is 112 Å². The second-order valence-corrected chi connectivity index (χ2v) is 25.9. The molecule has 5 heterocycles. The number of aromatic nitrogens is 3. The normalized spacial score (nSPS) is 26.7. The van der Waals surface area contributed by atoms with Crippen LogP contribution in [-0.2, 0) is 10.8 Å². The molecule has 4 unspecified atom stereocenters. The SMILES string of the molecule is CC(C)(C)c1ccc2c(c1)cc1c3c4c(ncc3n3c5cc6c7c8ccc(C(C)(C)C)cc8cc8c9c%10c(c(C#N)cc9n(c6cc5c2c13)c87)C1CC2CC(C1)CC%10C2)C1CC2CC(C1)CC4C2. The zero-order chi connectivity index (χ0) is 45.2. The van der Waals surface area contributed by atoms with Crippen molar-refractivity contribution in [3.63, 3.8) is 0 Å². The van der Waals surface area contributed by atoms with Crippen LogP contribution >= 0.6 is 0 Å². The van der Waals surface area contributed by atoms with Crippen molar-refractivity contribution in [2.75, 3.05) is 0 Å². The highest BCUT2D eigenvalue weighted by Crippen LogP contribution is 2.61. The Bertz CT molecular complexity index is 4160. The van der Waals surface area contributed by atoms with E-state index in [1.165, 1.54) is 184 Å². The summed E-state index contributed by atoms with van der Waals surface area (Å²) in [6.07, 6.45) is 15.5. The first-order valence-corrected chi connectivity index (χ1v) is 26.5. The van der Waals surface area contributed by atoms with Crippen molar-refractivity contribution in [2.45, 2.75) is 140 Å². The fourth-order valence-corrected chi connectivity index (χ4v) is 17.7. The van der Waals surface area contributed by atoms with E-state index in [0.717, 1.165) is 29.2 Å². The van der Waals surface area contributed by atoms with E-state index < -0.39 is 0 Å². The Morgan fingerprint density at radius 3 is 1.44 bits per heavy atom. The summed E-state index contributed by atoms with van der Waals surface area (Å²) in [6.45, 7) is 14.1. The van der Waals surface area contributed by atoms with Crippen LogP contribution in [0.2, 0.25) is 0 Å².